The fourth-order valence-corrected chi connectivity index (χ4v) is 3.87. The first-order valence-electron chi connectivity index (χ1n) is 8.77. The van der Waals surface area contributed by atoms with Gasteiger partial charge in [-0.2, -0.15) is 0 Å². The van der Waals surface area contributed by atoms with E-state index in [0.717, 1.165) is 31.6 Å². The number of aliphatic imine (C=N–C) groups is 1. The van der Waals surface area contributed by atoms with E-state index in [1.165, 1.54) is 6.07 Å². The number of benzene rings is 2. The summed E-state index contributed by atoms with van der Waals surface area (Å²) in [5, 5.41) is 3.86. The highest BCUT2D eigenvalue weighted by molar-refractivity contribution is 6.32. The van der Waals surface area contributed by atoms with Crippen LogP contribution in [0.1, 0.15) is 24.0 Å². The second-order valence-electron chi connectivity index (χ2n) is 6.55. The monoisotopic (exact) mass is 371 g/mol. The van der Waals surface area contributed by atoms with Gasteiger partial charge in [-0.3, -0.25) is 9.79 Å². The Labute approximate surface area is 156 Å². The van der Waals surface area contributed by atoms with Gasteiger partial charge in [-0.15, -0.1) is 0 Å². The molecule has 1 N–H and O–H groups in total. The molecule has 4 rings (SSSR count). The molecule has 0 unspecified atom stereocenters. The predicted octanol–water partition coefficient (Wildman–Crippen LogP) is 3.42. The van der Waals surface area contributed by atoms with Crippen LogP contribution in [0.15, 0.2) is 47.5 Å². The van der Waals surface area contributed by atoms with Crippen molar-refractivity contribution >= 4 is 28.9 Å². The Hall–Kier alpha value is -2.24. The lowest BCUT2D eigenvalue weighted by atomic mass is 9.97. The molecule has 1 amide bonds. The van der Waals surface area contributed by atoms with Crippen molar-refractivity contribution in [2.75, 3.05) is 24.5 Å². The zero-order valence-corrected chi connectivity index (χ0v) is 15.0. The second-order valence-corrected chi connectivity index (χ2v) is 6.99. The number of hydrogen-bond acceptors (Lipinski definition) is 3. The van der Waals surface area contributed by atoms with Crippen molar-refractivity contribution in [2.45, 2.75) is 18.9 Å². The van der Waals surface area contributed by atoms with Gasteiger partial charge in [-0.25, -0.2) is 4.39 Å². The summed E-state index contributed by atoms with van der Waals surface area (Å²) in [4.78, 5) is 19.2. The van der Waals surface area contributed by atoms with Crippen LogP contribution in [0.25, 0.3) is 0 Å². The van der Waals surface area contributed by atoms with Crippen LogP contribution in [0, 0.1) is 5.82 Å². The lowest BCUT2D eigenvalue weighted by molar-refractivity contribution is -0.117. The van der Waals surface area contributed by atoms with Crippen LogP contribution >= 0.6 is 11.6 Å². The predicted molar refractivity (Wildman–Crippen MR) is 102 cm³/mol. The van der Waals surface area contributed by atoms with E-state index in [2.05, 4.69) is 10.3 Å². The number of nitrogens with zero attached hydrogens (tertiary/aromatic N) is 2. The van der Waals surface area contributed by atoms with Gasteiger partial charge < -0.3 is 10.2 Å². The highest BCUT2D eigenvalue weighted by atomic mass is 35.5. The standard InChI is InChI=1S/C20H19ClFN3O/c21-13-5-6-18-16(11-13)20(15-3-1-2-4-17(15)22)24-12-19(26)25(18)14-7-9-23-10-8-14/h1-6,11,14,23H,7-10,12H2. The second kappa shape index (κ2) is 7.17. The molecule has 0 spiro atoms. The first-order chi connectivity index (χ1) is 12.6. The molecule has 0 aromatic heterocycles. The Morgan fingerprint density at radius 2 is 1.88 bits per heavy atom. The van der Waals surface area contributed by atoms with E-state index in [-0.39, 0.29) is 24.3 Å². The van der Waals surface area contributed by atoms with Crippen LogP contribution in [0.4, 0.5) is 10.1 Å². The molecule has 4 nitrogen and oxygen atoms in total. The van der Waals surface area contributed by atoms with Crippen molar-refractivity contribution in [3.63, 3.8) is 0 Å². The molecule has 1 saturated heterocycles. The average molecular weight is 372 g/mol. The Kier molecular flexibility index (Phi) is 4.74. The van der Waals surface area contributed by atoms with Gasteiger partial charge in [0.25, 0.3) is 0 Å². The lowest BCUT2D eigenvalue weighted by Gasteiger charge is -2.34. The maximum absolute atomic E-state index is 14.4. The molecule has 134 valence electrons. The average Bonchev–Trinajstić information content (AvgIpc) is 2.79. The fraction of sp³-hybridized carbons (Fsp3) is 0.300. The molecular formula is C20H19ClFN3O. The van der Waals surface area contributed by atoms with Gasteiger partial charge in [-0.05, 0) is 56.3 Å². The number of amides is 1. The summed E-state index contributed by atoms with van der Waals surface area (Å²) in [5.41, 5.74) is 2.32. The van der Waals surface area contributed by atoms with Gasteiger partial charge in [-0.1, -0.05) is 23.7 Å². The fourth-order valence-electron chi connectivity index (χ4n) is 3.70. The number of piperidine rings is 1. The Morgan fingerprint density at radius 3 is 2.65 bits per heavy atom. The van der Waals surface area contributed by atoms with Crippen molar-refractivity contribution in [2.24, 2.45) is 4.99 Å². The molecule has 2 heterocycles. The minimum absolute atomic E-state index is 0.000104. The Morgan fingerprint density at radius 1 is 1.12 bits per heavy atom. The van der Waals surface area contributed by atoms with Crippen LogP contribution in [0.5, 0.6) is 0 Å². The number of nitrogens with one attached hydrogen (secondary N) is 1. The number of fused-ring (bicyclic) bond motifs is 1. The van der Waals surface area contributed by atoms with E-state index >= 15 is 0 Å². The maximum Gasteiger partial charge on any atom is 0.248 e. The van der Waals surface area contributed by atoms with E-state index in [4.69, 9.17) is 11.6 Å². The van der Waals surface area contributed by atoms with E-state index in [1.807, 2.05) is 11.0 Å². The van der Waals surface area contributed by atoms with Crippen LogP contribution < -0.4 is 10.2 Å². The summed E-state index contributed by atoms with van der Waals surface area (Å²) in [7, 11) is 0. The number of hydrogen-bond donors (Lipinski definition) is 1. The molecule has 2 aliphatic heterocycles. The first-order valence-corrected chi connectivity index (χ1v) is 9.15. The molecule has 0 aliphatic carbocycles. The van der Waals surface area contributed by atoms with Gasteiger partial charge in [0.05, 0.1) is 11.4 Å². The van der Waals surface area contributed by atoms with Crippen LogP contribution in [-0.2, 0) is 4.79 Å². The molecule has 0 saturated carbocycles. The number of carbonyl (C=O) groups is 1. The van der Waals surface area contributed by atoms with Crippen molar-refractivity contribution in [1.82, 2.24) is 5.32 Å². The third-order valence-corrected chi connectivity index (χ3v) is 5.15. The Bertz CT molecular complexity index is 877. The molecule has 26 heavy (non-hydrogen) atoms. The SMILES string of the molecule is O=C1CN=C(c2ccccc2F)c2cc(Cl)ccc2N1C1CCNCC1. The van der Waals surface area contributed by atoms with Crippen LogP contribution in [0.2, 0.25) is 5.02 Å². The minimum atomic E-state index is -0.361. The van der Waals surface area contributed by atoms with Crippen molar-refractivity contribution in [3.05, 3.63) is 64.4 Å². The zero-order valence-electron chi connectivity index (χ0n) is 14.2. The molecule has 0 radical (unpaired) electrons. The molecule has 0 bridgehead atoms. The van der Waals surface area contributed by atoms with E-state index < -0.39 is 0 Å². The lowest BCUT2D eigenvalue weighted by Crippen LogP contribution is -2.47. The molecule has 2 aliphatic rings. The number of rotatable bonds is 2. The third-order valence-electron chi connectivity index (χ3n) is 4.92. The van der Waals surface area contributed by atoms with Gasteiger partial charge in [0.15, 0.2) is 0 Å². The number of benzodiazepines with no additional fused rings is 1. The number of halogens is 2. The number of carbonyl (C=O) groups excluding carboxylic acids is 1. The van der Waals surface area contributed by atoms with E-state index in [1.54, 1.807) is 30.3 Å². The quantitative estimate of drug-likeness (QED) is 0.879. The van der Waals surface area contributed by atoms with Gasteiger partial charge in [0.1, 0.15) is 12.4 Å². The highest BCUT2D eigenvalue weighted by Gasteiger charge is 2.32. The molecular weight excluding hydrogens is 353 g/mol. The van der Waals surface area contributed by atoms with Crippen LogP contribution in [-0.4, -0.2) is 37.3 Å². The summed E-state index contributed by atoms with van der Waals surface area (Å²) < 4.78 is 14.4. The number of anilines is 1. The first kappa shape index (κ1) is 17.2. The largest absolute Gasteiger partial charge is 0.317 e. The van der Waals surface area contributed by atoms with Gasteiger partial charge in [0, 0.05) is 22.2 Å². The minimum Gasteiger partial charge on any atom is -0.317 e. The summed E-state index contributed by atoms with van der Waals surface area (Å²) in [6.45, 7) is 1.75. The molecule has 0 atom stereocenters. The Balaban J connectivity index is 1.86. The van der Waals surface area contributed by atoms with Crippen molar-refractivity contribution in [3.8, 4) is 0 Å². The summed E-state index contributed by atoms with van der Waals surface area (Å²) in [6, 6.07) is 12.0. The zero-order chi connectivity index (χ0) is 18.1. The molecule has 1 fully saturated rings. The van der Waals surface area contributed by atoms with Gasteiger partial charge >= 0.3 is 0 Å². The molecule has 6 heteroatoms. The van der Waals surface area contributed by atoms with Crippen molar-refractivity contribution in [1.29, 1.82) is 0 Å². The van der Waals surface area contributed by atoms with Crippen molar-refractivity contribution < 1.29 is 9.18 Å². The normalized spacial score (nSPS) is 18.3. The highest BCUT2D eigenvalue weighted by Crippen LogP contribution is 2.33. The third kappa shape index (κ3) is 3.13. The summed E-state index contributed by atoms with van der Waals surface area (Å²) in [5.74, 6) is -0.424. The molecule has 2 aromatic carbocycles. The van der Waals surface area contributed by atoms with Crippen LogP contribution in [0.3, 0.4) is 0 Å². The van der Waals surface area contributed by atoms with E-state index in [9.17, 15) is 9.18 Å². The summed E-state index contributed by atoms with van der Waals surface area (Å²) >= 11 is 6.23. The smallest absolute Gasteiger partial charge is 0.248 e. The topological polar surface area (TPSA) is 44.7 Å². The summed E-state index contributed by atoms with van der Waals surface area (Å²) in [6.07, 6.45) is 1.76. The van der Waals surface area contributed by atoms with Gasteiger partial charge in [0.2, 0.25) is 5.91 Å². The maximum atomic E-state index is 14.4. The van der Waals surface area contributed by atoms with E-state index in [0.29, 0.717) is 21.9 Å². The molecule has 2 aromatic rings.